The molecule has 0 radical (unpaired) electrons. The smallest absolute Gasteiger partial charge is 0.292 e. The Bertz CT molecular complexity index is 462. The fourth-order valence-corrected chi connectivity index (χ4v) is 1.44. The summed E-state index contributed by atoms with van der Waals surface area (Å²) in [4.78, 5) is 21.9. The van der Waals surface area contributed by atoms with E-state index >= 15 is 0 Å². The number of rotatable bonds is 5. The molecule has 1 amide bonds. The van der Waals surface area contributed by atoms with Gasteiger partial charge in [0.1, 0.15) is 5.69 Å². The fraction of sp³-hybridized carbons (Fsp3) is 0.364. The molecule has 0 saturated heterocycles. The molecule has 7 heteroatoms. The minimum absolute atomic E-state index is 0.0292. The van der Waals surface area contributed by atoms with Crippen LogP contribution in [-0.2, 0) is 4.74 Å². The summed E-state index contributed by atoms with van der Waals surface area (Å²) in [5, 5.41) is 13.4. The highest BCUT2D eigenvalue weighted by Crippen LogP contribution is 2.22. The average molecular weight is 253 g/mol. The van der Waals surface area contributed by atoms with Gasteiger partial charge in [-0.25, -0.2) is 0 Å². The van der Waals surface area contributed by atoms with Gasteiger partial charge in [0, 0.05) is 24.8 Å². The molecule has 3 N–H and O–H groups in total. The van der Waals surface area contributed by atoms with Gasteiger partial charge in [0.25, 0.3) is 11.6 Å². The summed E-state index contributed by atoms with van der Waals surface area (Å²) in [6, 6.07) is 3.76. The zero-order valence-corrected chi connectivity index (χ0v) is 10.2. The highest BCUT2D eigenvalue weighted by atomic mass is 16.6. The minimum atomic E-state index is -0.620. The van der Waals surface area contributed by atoms with Crippen LogP contribution in [0.1, 0.15) is 17.3 Å². The van der Waals surface area contributed by atoms with Crippen molar-refractivity contribution < 1.29 is 14.5 Å². The summed E-state index contributed by atoms with van der Waals surface area (Å²) >= 11 is 0. The first-order valence-electron chi connectivity index (χ1n) is 5.29. The number of nitro groups is 1. The van der Waals surface area contributed by atoms with E-state index in [1.54, 1.807) is 6.92 Å². The molecular formula is C11H15N3O4. The molecular weight excluding hydrogens is 238 g/mol. The summed E-state index contributed by atoms with van der Waals surface area (Å²) < 4.78 is 4.88. The van der Waals surface area contributed by atoms with E-state index in [9.17, 15) is 14.9 Å². The first-order valence-corrected chi connectivity index (χ1v) is 5.29. The lowest BCUT2D eigenvalue weighted by Gasteiger charge is -2.12. The predicted molar refractivity (Wildman–Crippen MR) is 66.3 cm³/mol. The van der Waals surface area contributed by atoms with Gasteiger partial charge in [0.15, 0.2) is 0 Å². The molecule has 1 atom stereocenters. The Hall–Kier alpha value is -2.15. The van der Waals surface area contributed by atoms with E-state index < -0.39 is 10.8 Å². The summed E-state index contributed by atoms with van der Waals surface area (Å²) in [6.45, 7) is 2.13. The third kappa shape index (κ3) is 3.42. The van der Waals surface area contributed by atoms with Crippen molar-refractivity contribution in [1.29, 1.82) is 0 Å². The molecule has 98 valence electrons. The Morgan fingerprint density at radius 1 is 1.61 bits per heavy atom. The third-order valence-electron chi connectivity index (χ3n) is 2.28. The number of amides is 1. The number of carbonyl (C=O) groups is 1. The Kier molecular flexibility index (Phi) is 4.61. The number of hydrogen-bond acceptors (Lipinski definition) is 5. The molecule has 0 spiro atoms. The maximum absolute atomic E-state index is 11.8. The number of carbonyl (C=O) groups excluding carboxylic acids is 1. The molecule has 1 rings (SSSR count). The van der Waals surface area contributed by atoms with E-state index in [1.807, 2.05) is 0 Å². The van der Waals surface area contributed by atoms with Crippen molar-refractivity contribution in [2.75, 3.05) is 19.5 Å². The molecule has 1 aromatic carbocycles. The number of anilines is 1. The van der Waals surface area contributed by atoms with Gasteiger partial charge in [-0.05, 0) is 19.1 Å². The maximum Gasteiger partial charge on any atom is 0.292 e. The molecule has 0 bridgehead atoms. The lowest BCUT2D eigenvalue weighted by molar-refractivity contribution is -0.383. The number of benzene rings is 1. The monoisotopic (exact) mass is 253 g/mol. The topological polar surface area (TPSA) is 107 Å². The van der Waals surface area contributed by atoms with E-state index in [0.29, 0.717) is 6.61 Å². The summed E-state index contributed by atoms with van der Waals surface area (Å²) in [5.41, 5.74) is 5.39. The molecule has 0 aliphatic heterocycles. The van der Waals surface area contributed by atoms with Crippen LogP contribution in [0.4, 0.5) is 11.4 Å². The van der Waals surface area contributed by atoms with Crippen LogP contribution in [0.15, 0.2) is 18.2 Å². The summed E-state index contributed by atoms with van der Waals surface area (Å²) in [6.07, 6.45) is 0. The standard InChI is InChI=1S/C11H15N3O4/c1-7(6-18-2)13-11(15)8-3-4-9(12)10(5-8)14(16)17/h3-5,7H,6,12H2,1-2H3,(H,13,15)/t7-/m0/s1. The first kappa shape index (κ1) is 13.9. The largest absolute Gasteiger partial charge is 0.393 e. The van der Waals surface area contributed by atoms with Crippen LogP contribution in [-0.4, -0.2) is 30.6 Å². The van der Waals surface area contributed by atoms with Crippen LogP contribution in [0.2, 0.25) is 0 Å². The lowest BCUT2D eigenvalue weighted by Crippen LogP contribution is -2.35. The summed E-state index contributed by atoms with van der Waals surface area (Å²) in [7, 11) is 1.52. The van der Waals surface area contributed by atoms with Crippen LogP contribution >= 0.6 is 0 Å². The molecule has 7 nitrogen and oxygen atoms in total. The second-order valence-electron chi connectivity index (χ2n) is 3.86. The van der Waals surface area contributed by atoms with Gasteiger partial charge in [0.2, 0.25) is 0 Å². The van der Waals surface area contributed by atoms with Gasteiger partial charge in [-0.1, -0.05) is 0 Å². The van der Waals surface area contributed by atoms with Crippen molar-refractivity contribution in [3.05, 3.63) is 33.9 Å². The van der Waals surface area contributed by atoms with Crippen molar-refractivity contribution in [3.63, 3.8) is 0 Å². The van der Waals surface area contributed by atoms with Gasteiger partial charge < -0.3 is 15.8 Å². The molecule has 0 fully saturated rings. The van der Waals surface area contributed by atoms with E-state index in [2.05, 4.69) is 5.32 Å². The number of methoxy groups -OCH3 is 1. The first-order chi connectivity index (χ1) is 8.45. The highest BCUT2D eigenvalue weighted by Gasteiger charge is 2.16. The normalized spacial score (nSPS) is 11.9. The molecule has 18 heavy (non-hydrogen) atoms. The highest BCUT2D eigenvalue weighted by molar-refractivity contribution is 5.95. The van der Waals surface area contributed by atoms with E-state index in [1.165, 1.54) is 19.2 Å². The number of nitrogens with one attached hydrogen (secondary N) is 1. The zero-order valence-electron chi connectivity index (χ0n) is 10.2. The van der Waals surface area contributed by atoms with Crippen molar-refractivity contribution in [3.8, 4) is 0 Å². The van der Waals surface area contributed by atoms with Gasteiger partial charge in [-0.3, -0.25) is 14.9 Å². The predicted octanol–water partition coefficient (Wildman–Crippen LogP) is 0.942. The molecule has 1 aromatic rings. The van der Waals surface area contributed by atoms with Crippen LogP contribution < -0.4 is 11.1 Å². The molecule has 0 heterocycles. The maximum atomic E-state index is 11.8. The van der Waals surface area contributed by atoms with Crippen molar-refractivity contribution in [1.82, 2.24) is 5.32 Å². The molecule has 0 aromatic heterocycles. The third-order valence-corrected chi connectivity index (χ3v) is 2.28. The quantitative estimate of drug-likeness (QED) is 0.461. The lowest BCUT2D eigenvalue weighted by atomic mass is 10.1. The van der Waals surface area contributed by atoms with Crippen LogP contribution in [0, 0.1) is 10.1 Å². The van der Waals surface area contributed by atoms with Crippen LogP contribution in [0.5, 0.6) is 0 Å². The van der Waals surface area contributed by atoms with E-state index in [-0.39, 0.29) is 23.0 Å². The van der Waals surface area contributed by atoms with Crippen molar-refractivity contribution in [2.24, 2.45) is 0 Å². The molecule has 0 aliphatic carbocycles. The Morgan fingerprint density at radius 2 is 2.28 bits per heavy atom. The van der Waals surface area contributed by atoms with Gasteiger partial charge in [0.05, 0.1) is 11.5 Å². The van der Waals surface area contributed by atoms with Crippen LogP contribution in [0.3, 0.4) is 0 Å². The number of ether oxygens (including phenoxy) is 1. The Labute approximate surface area is 104 Å². The summed E-state index contributed by atoms with van der Waals surface area (Å²) in [5.74, 6) is -0.400. The Balaban J connectivity index is 2.87. The van der Waals surface area contributed by atoms with Gasteiger partial charge in [-0.15, -0.1) is 0 Å². The van der Waals surface area contributed by atoms with E-state index in [0.717, 1.165) is 6.07 Å². The second kappa shape index (κ2) is 5.97. The average Bonchev–Trinajstić information content (AvgIpc) is 2.29. The second-order valence-corrected chi connectivity index (χ2v) is 3.86. The van der Waals surface area contributed by atoms with Gasteiger partial charge >= 0.3 is 0 Å². The number of nitro benzene ring substituents is 1. The molecule has 0 aliphatic rings. The van der Waals surface area contributed by atoms with Gasteiger partial charge in [-0.2, -0.15) is 0 Å². The minimum Gasteiger partial charge on any atom is -0.393 e. The van der Waals surface area contributed by atoms with Crippen LogP contribution in [0.25, 0.3) is 0 Å². The number of hydrogen-bond donors (Lipinski definition) is 2. The van der Waals surface area contributed by atoms with E-state index in [4.69, 9.17) is 10.5 Å². The number of nitrogen functional groups attached to an aromatic ring is 1. The number of nitrogens with two attached hydrogens (primary N) is 1. The molecule has 0 saturated carbocycles. The Morgan fingerprint density at radius 3 is 2.83 bits per heavy atom. The number of nitrogens with zero attached hydrogens (tertiary/aromatic N) is 1. The van der Waals surface area contributed by atoms with Crippen molar-refractivity contribution in [2.45, 2.75) is 13.0 Å². The van der Waals surface area contributed by atoms with Crippen molar-refractivity contribution >= 4 is 17.3 Å². The fourth-order valence-electron chi connectivity index (χ4n) is 1.44. The molecule has 0 unspecified atom stereocenters. The SMILES string of the molecule is COC[C@H](C)NC(=O)c1ccc(N)c([N+](=O)[O-])c1. The zero-order chi connectivity index (χ0) is 13.7.